The van der Waals surface area contributed by atoms with Gasteiger partial charge in [0, 0.05) is 6.42 Å². The zero-order chi connectivity index (χ0) is 21.5. The summed E-state index contributed by atoms with van der Waals surface area (Å²) in [5.41, 5.74) is 0.0154. The fourth-order valence-corrected chi connectivity index (χ4v) is 4.18. The fraction of sp³-hybridized carbons (Fsp3) is 0.353. The number of hydrogen-bond donors (Lipinski definition) is 5. The van der Waals surface area contributed by atoms with Gasteiger partial charge in [-0.1, -0.05) is 42.5 Å². The van der Waals surface area contributed by atoms with E-state index in [0.29, 0.717) is 11.2 Å². The van der Waals surface area contributed by atoms with E-state index in [1.165, 1.54) is 17.2 Å². The third-order valence-electron chi connectivity index (χ3n) is 4.99. The molecule has 0 spiro atoms. The van der Waals surface area contributed by atoms with Crippen LogP contribution in [-0.4, -0.2) is 64.4 Å². The third kappa shape index (κ3) is 3.84. The molecule has 3 aromatic rings. The standard InChI is InChI=1S/C17H19N4O7PS/c22-13-11(7-27-29(24,25)26)28-17(14(13)23,6-10-4-2-1-3-5-10)21-9-20-12-15(21)18-8-19-16(12)30/h1-5,8-9,11,13-14,22-23H,6-7H2,(H,18,19,30)(H2,24,25,26)/t11-,13-,14-,17-/m1/s1. The van der Waals surface area contributed by atoms with Crippen LogP contribution in [-0.2, 0) is 26.0 Å². The van der Waals surface area contributed by atoms with Crippen LogP contribution in [0.2, 0.25) is 0 Å². The van der Waals surface area contributed by atoms with Crippen LogP contribution < -0.4 is 0 Å². The minimum absolute atomic E-state index is 0.118. The molecule has 1 aliphatic rings. The number of aromatic amines is 1. The number of phosphoric acid groups is 1. The van der Waals surface area contributed by atoms with Gasteiger partial charge in [-0.05, 0) is 5.56 Å². The number of ether oxygens (including phenoxy) is 1. The van der Waals surface area contributed by atoms with E-state index in [1.54, 1.807) is 0 Å². The van der Waals surface area contributed by atoms with Gasteiger partial charge in [0.2, 0.25) is 0 Å². The fourth-order valence-electron chi connectivity index (χ4n) is 3.64. The first kappa shape index (κ1) is 21.2. The molecule has 30 heavy (non-hydrogen) atoms. The zero-order valence-electron chi connectivity index (χ0n) is 15.4. The summed E-state index contributed by atoms with van der Waals surface area (Å²) in [6.45, 7) is -0.622. The van der Waals surface area contributed by atoms with Crippen LogP contribution in [0.15, 0.2) is 43.0 Å². The van der Waals surface area contributed by atoms with Crippen molar-refractivity contribution in [2.75, 3.05) is 6.61 Å². The molecule has 13 heteroatoms. The van der Waals surface area contributed by atoms with E-state index in [1.807, 2.05) is 30.3 Å². The van der Waals surface area contributed by atoms with Gasteiger partial charge in [0.1, 0.15) is 29.5 Å². The van der Waals surface area contributed by atoms with Crippen molar-refractivity contribution in [2.45, 2.75) is 30.5 Å². The molecule has 0 bridgehead atoms. The molecule has 1 aliphatic heterocycles. The Morgan fingerprint density at radius 3 is 2.70 bits per heavy atom. The molecule has 0 radical (unpaired) electrons. The summed E-state index contributed by atoms with van der Waals surface area (Å²) in [5, 5.41) is 21.6. The van der Waals surface area contributed by atoms with E-state index < -0.39 is 38.5 Å². The Kier molecular flexibility index (Phi) is 5.60. The SMILES string of the molecule is O=P(O)(O)OC[C@H]1O[C@@](Cc2ccccc2)(n2cnc3c(=S)nc[nH]c32)[C@H](O)[C@@H]1O. The van der Waals surface area contributed by atoms with Gasteiger partial charge in [-0.2, -0.15) is 0 Å². The topological polar surface area (TPSA) is 163 Å². The van der Waals surface area contributed by atoms with Gasteiger partial charge >= 0.3 is 7.82 Å². The summed E-state index contributed by atoms with van der Waals surface area (Å²) in [6.07, 6.45) is -1.27. The summed E-state index contributed by atoms with van der Waals surface area (Å²) in [6, 6.07) is 9.12. The summed E-state index contributed by atoms with van der Waals surface area (Å²) in [4.78, 5) is 29.2. The summed E-state index contributed by atoms with van der Waals surface area (Å²) in [5.74, 6) is 0. The maximum absolute atomic E-state index is 11.1. The molecule has 4 atom stereocenters. The lowest BCUT2D eigenvalue weighted by atomic mass is 9.95. The Bertz CT molecular complexity index is 1150. The van der Waals surface area contributed by atoms with Crippen LogP contribution in [0.1, 0.15) is 5.56 Å². The normalized spacial score (nSPS) is 27.0. The van der Waals surface area contributed by atoms with Crippen LogP contribution in [0.25, 0.3) is 11.2 Å². The highest BCUT2D eigenvalue weighted by Gasteiger charge is 2.56. The number of phosphoric ester groups is 1. The first-order valence-electron chi connectivity index (χ1n) is 8.90. The minimum Gasteiger partial charge on any atom is -0.387 e. The maximum Gasteiger partial charge on any atom is 0.469 e. The van der Waals surface area contributed by atoms with E-state index in [4.69, 9.17) is 26.7 Å². The van der Waals surface area contributed by atoms with Crippen molar-refractivity contribution in [1.29, 1.82) is 0 Å². The van der Waals surface area contributed by atoms with Crippen LogP contribution >= 0.6 is 20.0 Å². The van der Waals surface area contributed by atoms with Crippen molar-refractivity contribution >= 4 is 31.2 Å². The molecule has 0 unspecified atom stereocenters. The molecule has 5 N–H and O–H groups in total. The molecule has 0 amide bonds. The lowest BCUT2D eigenvalue weighted by molar-refractivity contribution is -0.144. The number of imidazole rings is 1. The molecule has 160 valence electrons. The Labute approximate surface area is 175 Å². The number of aliphatic hydroxyl groups is 2. The number of hydrogen-bond acceptors (Lipinski definition) is 8. The summed E-state index contributed by atoms with van der Waals surface area (Å²) < 4.78 is 23.4. The second-order valence-electron chi connectivity index (χ2n) is 6.90. The first-order chi connectivity index (χ1) is 14.2. The molecule has 1 aromatic carbocycles. The predicted molar refractivity (Wildman–Crippen MR) is 106 cm³/mol. The molecule has 1 saturated heterocycles. The van der Waals surface area contributed by atoms with Crippen LogP contribution in [0, 0.1) is 4.64 Å². The van der Waals surface area contributed by atoms with Crippen molar-refractivity contribution in [2.24, 2.45) is 0 Å². The highest BCUT2D eigenvalue weighted by atomic mass is 32.1. The quantitative estimate of drug-likeness (QED) is 0.263. The Balaban J connectivity index is 1.81. The molecular weight excluding hydrogens is 435 g/mol. The molecule has 11 nitrogen and oxygen atoms in total. The highest BCUT2D eigenvalue weighted by molar-refractivity contribution is 7.71. The number of aromatic nitrogens is 4. The lowest BCUT2D eigenvalue weighted by Crippen LogP contribution is -2.47. The van der Waals surface area contributed by atoms with Gasteiger partial charge in [0.25, 0.3) is 0 Å². The van der Waals surface area contributed by atoms with Gasteiger partial charge < -0.3 is 29.7 Å². The van der Waals surface area contributed by atoms with E-state index in [2.05, 4.69) is 19.5 Å². The molecule has 2 aromatic heterocycles. The number of nitrogens with one attached hydrogen (secondary N) is 1. The van der Waals surface area contributed by atoms with Gasteiger partial charge in [-0.3, -0.25) is 9.09 Å². The van der Waals surface area contributed by atoms with E-state index in [0.717, 1.165) is 5.56 Å². The third-order valence-corrected chi connectivity index (χ3v) is 5.77. The van der Waals surface area contributed by atoms with E-state index in [-0.39, 0.29) is 11.1 Å². The molecule has 0 aliphatic carbocycles. The number of H-pyrrole nitrogens is 1. The molecule has 3 heterocycles. The molecular formula is C17H19N4O7PS. The summed E-state index contributed by atoms with van der Waals surface area (Å²) in [7, 11) is -4.80. The highest BCUT2D eigenvalue weighted by Crippen LogP contribution is 2.42. The number of rotatable bonds is 6. The van der Waals surface area contributed by atoms with Crippen molar-refractivity contribution in [1.82, 2.24) is 19.5 Å². The zero-order valence-corrected chi connectivity index (χ0v) is 17.1. The molecule has 0 saturated carbocycles. The van der Waals surface area contributed by atoms with Gasteiger partial charge in [-0.25, -0.2) is 14.5 Å². The van der Waals surface area contributed by atoms with Gasteiger partial charge in [-0.15, -0.1) is 0 Å². The largest absolute Gasteiger partial charge is 0.469 e. The predicted octanol–water partition coefficient (Wildman–Crippen LogP) is 0.614. The van der Waals surface area contributed by atoms with Crippen molar-refractivity contribution in [3.05, 3.63) is 53.2 Å². The molecule has 4 rings (SSSR count). The van der Waals surface area contributed by atoms with Gasteiger partial charge in [0.15, 0.2) is 10.4 Å². The second-order valence-corrected chi connectivity index (χ2v) is 8.53. The van der Waals surface area contributed by atoms with Crippen LogP contribution in [0.4, 0.5) is 0 Å². The minimum atomic E-state index is -4.80. The van der Waals surface area contributed by atoms with E-state index >= 15 is 0 Å². The van der Waals surface area contributed by atoms with Crippen LogP contribution in [0.3, 0.4) is 0 Å². The lowest BCUT2D eigenvalue weighted by Gasteiger charge is -2.34. The Hall–Kier alpha value is -2.02. The van der Waals surface area contributed by atoms with Gasteiger partial charge in [0.05, 0.1) is 19.3 Å². The number of nitrogens with zero attached hydrogens (tertiary/aromatic N) is 3. The number of benzene rings is 1. The summed E-state index contributed by atoms with van der Waals surface area (Å²) >= 11 is 5.20. The Morgan fingerprint density at radius 2 is 2.00 bits per heavy atom. The maximum atomic E-state index is 11.1. The van der Waals surface area contributed by atoms with Crippen molar-refractivity contribution < 1.29 is 33.8 Å². The second kappa shape index (κ2) is 7.91. The van der Waals surface area contributed by atoms with Crippen molar-refractivity contribution in [3.8, 4) is 0 Å². The Morgan fingerprint density at radius 1 is 1.27 bits per heavy atom. The van der Waals surface area contributed by atoms with Crippen LogP contribution in [0.5, 0.6) is 0 Å². The number of fused-ring (bicyclic) bond motifs is 1. The number of aliphatic hydroxyl groups excluding tert-OH is 2. The van der Waals surface area contributed by atoms with E-state index in [9.17, 15) is 14.8 Å². The monoisotopic (exact) mass is 454 g/mol. The molecule has 1 fully saturated rings. The average Bonchev–Trinajstić information content (AvgIpc) is 3.24. The average molecular weight is 454 g/mol. The van der Waals surface area contributed by atoms with Crippen molar-refractivity contribution in [3.63, 3.8) is 0 Å². The smallest absolute Gasteiger partial charge is 0.387 e. The first-order valence-corrected chi connectivity index (χ1v) is 10.8.